The zero-order valence-corrected chi connectivity index (χ0v) is 12.5. The number of benzene rings is 2. The summed E-state index contributed by atoms with van der Waals surface area (Å²) in [5, 5.41) is 2.96. The normalized spacial score (nSPS) is 11.8. The molecule has 0 fully saturated rings. The Morgan fingerprint density at radius 1 is 1.19 bits per heavy atom. The number of nitrogens with two attached hydrogens (primary N) is 1. The van der Waals surface area contributed by atoms with Crippen LogP contribution in [-0.4, -0.2) is 13.0 Å². The molecule has 0 unspecified atom stereocenters. The van der Waals surface area contributed by atoms with Crippen LogP contribution in [0.1, 0.15) is 34.5 Å². The van der Waals surface area contributed by atoms with Gasteiger partial charge >= 0.3 is 0 Å². The molecular formula is C17H20N2O2. The fraction of sp³-hybridized carbons (Fsp3) is 0.235. The smallest absolute Gasteiger partial charge is 0.253 e. The van der Waals surface area contributed by atoms with Crippen molar-refractivity contribution in [1.29, 1.82) is 0 Å². The maximum absolute atomic E-state index is 12.3. The topological polar surface area (TPSA) is 64.3 Å². The predicted molar refractivity (Wildman–Crippen MR) is 84.5 cm³/mol. The molecule has 0 heterocycles. The Bertz CT molecular complexity index is 636. The van der Waals surface area contributed by atoms with E-state index in [4.69, 9.17) is 10.5 Å². The molecule has 21 heavy (non-hydrogen) atoms. The highest BCUT2D eigenvalue weighted by molar-refractivity contribution is 5.99. The lowest BCUT2D eigenvalue weighted by molar-refractivity contribution is 0.0940. The van der Waals surface area contributed by atoms with Crippen LogP contribution in [0.3, 0.4) is 0 Å². The number of carbonyl (C=O) groups excluding carboxylic acids is 1. The average molecular weight is 284 g/mol. The molecule has 2 aromatic rings. The molecule has 0 saturated carbocycles. The van der Waals surface area contributed by atoms with E-state index < -0.39 is 0 Å². The van der Waals surface area contributed by atoms with Crippen molar-refractivity contribution in [1.82, 2.24) is 5.32 Å². The van der Waals surface area contributed by atoms with Gasteiger partial charge in [-0.1, -0.05) is 23.8 Å². The van der Waals surface area contributed by atoms with E-state index in [1.165, 1.54) is 0 Å². The Balaban J connectivity index is 2.12. The number of rotatable bonds is 4. The Labute approximate surface area is 124 Å². The molecule has 2 rings (SSSR count). The molecule has 110 valence electrons. The van der Waals surface area contributed by atoms with Gasteiger partial charge in [-0.05, 0) is 43.7 Å². The molecule has 2 aromatic carbocycles. The van der Waals surface area contributed by atoms with Gasteiger partial charge < -0.3 is 15.8 Å². The van der Waals surface area contributed by atoms with Crippen LogP contribution in [0.15, 0.2) is 42.5 Å². The van der Waals surface area contributed by atoms with Crippen molar-refractivity contribution in [3.63, 3.8) is 0 Å². The number of hydrogen-bond donors (Lipinski definition) is 2. The third-order valence-electron chi connectivity index (χ3n) is 3.42. The van der Waals surface area contributed by atoms with E-state index in [1.807, 2.05) is 44.2 Å². The number of amides is 1. The minimum Gasteiger partial charge on any atom is -0.497 e. The molecule has 4 heteroatoms. The fourth-order valence-electron chi connectivity index (χ4n) is 2.12. The van der Waals surface area contributed by atoms with E-state index in [2.05, 4.69) is 5.32 Å². The maximum atomic E-state index is 12.3. The average Bonchev–Trinajstić information content (AvgIpc) is 2.49. The van der Waals surface area contributed by atoms with Gasteiger partial charge in [0.25, 0.3) is 5.91 Å². The van der Waals surface area contributed by atoms with Gasteiger partial charge in [0.1, 0.15) is 5.75 Å². The molecule has 1 amide bonds. The van der Waals surface area contributed by atoms with Crippen molar-refractivity contribution < 1.29 is 9.53 Å². The first kappa shape index (κ1) is 14.9. The van der Waals surface area contributed by atoms with Crippen molar-refractivity contribution in [3.05, 3.63) is 59.2 Å². The summed E-state index contributed by atoms with van der Waals surface area (Å²) in [6.07, 6.45) is 0. The number of nitrogens with one attached hydrogen (secondary N) is 1. The van der Waals surface area contributed by atoms with Crippen molar-refractivity contribution >= 4 is 11.6 Å². The number of aryl methyl sites for hydroxylation is 1. The Morgan fingerprint density at radius 3 is 2.48 bits per heavy atom. The van der Waals surface area contributed by atoms with E-state index in [-0.39, 0.29) is 11.9 Å². The Kier molecular flexibility index (Phi) is 4.48. The highest BCUT2D eigenvalue weighted by Gasteiger charge is 2.14. The predicted octanol–water partition coefficient (Wildman–Crippen LogP) is 3.08. The highest BCUT2D eigenvalue weighted by Crippen LogP contribution is 2.19. The van der Waals surface area contributed by atoms with Crippen molar-refractivity contribution in [3.8, 4) is 5.75 Å². The molecule has 0 saturated heterocycles. The summed E-state index contributed by atoms with van der Waals surface area (Å²) in [7, 11) is 1.63. The largest absolute Gasteiger partial charge is 0.497 e. The van der Waals surface area contributed by atoms with Gasteiger partial charge in [-0.15, -0.1) is 0 Å². The van der Waals surface area contributed by atoms with Gasteiger partial charge in [0.15, 0.2) is 0 Å². The Hall–Kier alpha value is -2.49. The van der Waals surface area contributed by atoms with E-state index in [1.54, 1.807) is 19.2 Å². The second kappa shape index (κ2) is 6.31. The molecule has 0 aromatic heterocycles. The maximum Gasteiger partial charge on any atom is 0.253 e. The monoisotopic (exact) mass is 284 g/mol. The minimum absolute atomic E-state index is 0.108. The first-order chi connectivity index (χ1) is 10.0. The summed E-state index contributed by atoms with van der Waals surface area (Å²) in [5.74, 6) is 0.625. The van der Waals surface area contributed by atoms with Gasteiger partial charge in [0.05, 0.1) is 18.7 Å². The van der Waals surface area contributed by atoms with Crippen LogP contribution in [0, 0.1) is 6.92 Å². The standard InChI is InChI=1S/C17H20N2O2/c1-11-4-9-16(18)15(10-11)17(20)19-12(2)13-5-7-14(21-3)8-6-13/h4-10,12H,18H2,1-3H3,(H,19,20)/t12-/m0/s1. The van der Waals surface area contributed by atoms with E-state index in [0.717, 1.165) is 16.9 Å². The summed E-state index contributed by atoms with van der Waals surface area (Å²) < 4.78 is 5.12. The molecular weight excluding hydrogens is 264 g/mol. The van der Waals surface area contributed by atoms with Gasteiger partial charge in [-0.25, -0.2) is 0 Å². The zero-order valence-electron chi connectivity index (χ0n) is 12.5. The second-order valence-corrected chi connectivity index (χ2v) is 5.06. The molecule has 0 aliphatic heterocycles. The van der Waals surface area contributed by atoms with Crippen LogP contribution in [0.2, 0.25) is 0 Å². The quantitative estimate of drug-likeness (QED) is 0.848. The fourth-order valence-corrected chi connectivity index (χ4v) is 2.12. The summed E-state index contributed by atoms with van der Waals surface area (Å²) >= 11 is 0. The SMILES string of the molecule is COc1ccc([C@H](C)NC(=O)c2cc(C)ccc2N)cc1. The third-order valence-corrected chi connectivity index (χ3v) is 3.42. The van der Waals surface area contributed by atoms with Crippen molar-refractivity contribution in [2.75, 3.05) is 12.8 Å². The Morgan fingerprint density at radius 2 is 1.86 bits per heavy atom. The number of methoxy groups -OCH3 is 1. The molecule has 0 radical (unpaired) electrons. The van der Waals surface area contributed by atoms with Crippen LogP contribution >= 0.6 is 0 Å². The van der Waals surface area contributed by atoms with E-state index >= 15 is 0 Å². The van der Waals surface area contributed by atoms with Gasteiger partial charge in [0.2, 0.25) is 0 Å². The van der Waals surface area contributed by atoms with E-state index in [0.29, 0.717) is 11.3 Å². The van der Waals surface area contributed by atoms with Crippen LogP contribution in [0.25, 0.3) is 0 Å². The summed E-state index contributed by atoms with van der Waals surface area (Å²) in [6, 6.07) is 12.9. The van der Waals surface area contributed by atoms with Gasteiger partial charge in [-0.2, -0.15) is 0 Å². The van der Waals surface area contributed by atoms with Crippen LogP contribution < -0.4 is 15.8 Å². The number of anilines is 1. The molecule has 0 aliphatic carbocycles. The minimum atomic E-state index is -0.167. The first-order valence-electron chi connectivity index (χ1n) is 6.82. The number of nitrogen functional groups attached to an aromatic ring is 1. The number of hydrogen-bond acceptors (Lipinski definition) is 3. The lowest BCUT2D eigenvalue weighted by Crippen LogP contribution is -2.27. The second-order valence-electron chi connectivity index (χ2n) is 5.06. The third kappa shape index (κ3) is 3.54. The first-order valence-corrected chi connectivity index (χ1v) is 6.82. The molecule has 0 aliphatic rings. The lowest BCUT2D eigenvalue weighted by Gasteiger charge is -2.16. The number of carbonyl (C=O) groups is 1. The summed E-state index contributed by atoms with van der Waals surface area (Å²) in [6.45, 7) is 3.87. The number of ether oxygens (including phenoxy) is 1. The van der Waals surface area contributed by atoms with Crippen LogP contribution in [-0.2, 0) is 0 Å². The molecule has 0 spiro atoms. The van der Waals surface area contributed by atoms with Crippen molar-refractivity contribution in [2.45, 2.75) is 19.9 Å². The lowest BCUT2D eigenvalue weighted by atomic mass is 10.1. The highest BCUT2D eigenvalue weighted by atomic mass is 16.5. The van der Waals surface area contributed by atoms with Gasteiger partial charge in [0, 0.05) is 5.69 Å². The van der Waals surface area contributed by atoms with Crippen molar-refractivity contribution in [2.24, 2.45) is 0 Å². The van der Waals surface area contributed by atoms with Crippen LogP contribution in [0.5, 0.6) is 5.75 Å². The van der Waals surface area contributed by atoms with Gasteiger partial charge in [-0.3, -0.25) is 4.79 Å². The molecule has 4 nitrogen and oxygen atoms in total. The molecule has 3 N–H and O–H groups in total. The zero-order chi connectivity index (χ0) is 15.4. The molecule has 1 atom stereocenters. The van der Waals surface area contributed by atoms with Crippen LogP contribution in [0.4, 0.5) is 5.69 Å². The molecule has 0 bridgehead atoms. The summed E-state index contributed by atoms with van der Waals surface area (Å²) in [5.41, 5.74) is 8.88. The van der Waals surface area contributed by atoms with E-state index in [9.17, 15) is 4.79 Å². The summed E-state index contributed by atoms with van der Waals surface area (Å²) in [4.78, 5) is 12.3.